The van der Waals surface area contributed by atoms with Crippen LogP contribution < -0.4 is 14.2 Å². The smallest absolute Gasteiger partial charge is 0.262 e. The van der Waals surface area contributed by atoms with Gasteiger partial charge >= 0.3 is 0 Å². The molecule has 0 spiro atoms. The summed E-state index contributed by atoms with van der Waals surface area (Å²) in [6.07, 6.45) is 0. The molecular weight excluding hydrogens is 316 g/mol. The summed E-state index contributed by atoms with van der Waals surface area (Å²) >= 11 is 0. The molecule has 0 aliphatic heterocycles. The van der Waals surface area contributed by atoms with Gasteiger partial charge in [-0.3, -0.25) is 4.72 Å². The van der Waals surface area contributed by atoms with E-state index in [1.165, 1.54) is 26.4 Å². The predicted molar refractivity (Wildman–Crippen MR) is 76.7 cm³/mol. The quantitative estimate of drug-likeness (QED) is 0.916. The van der Waals surface area contributed by atoms with Gasteiger partial charge in [-0.1, -0.05) is 0 Å². The fraction of sp³-hybridized carbons (Fsp3) is 0.143. The standard InChI is InChI=1S/C14H13F2NO4S/c1-20-9-3-6-14(21-2)13(7-9)17-22(18,19)10-4-5-11(15)12(16)8-10/h3-8,17H,1-2H3. The summed E-state index contributed by atoms with van der Waals surface area (Å²) in [6, 6.07) is 6.83. The monoisotopic (exact) mass is 329 g/mol. The van der Waals surface area contributed by atoms with Crippen molar-refractivity contribution in [1.82, 2.24) is 0 Å². The van der Waals surface area contributed by atoms with Crippen LogP contribution in [-0.2, 0) is 10.0 Å². The Bertz CT molecular complexity index is 793. The molecule has 0 unspecified atom stereocenters. The van der Waals surface area contributed by atoms with Gasteiger partial charge in [0.25, 0.3) is 10.0 Å². The lowest BCUT2D eigenvalue weighted by molar-refractivity contribution is 0.405. The highest BCUT2D eigenvalue weighted by molar-refractivity contribution is 7.92. The molecule has 0 aromatic heterocycles. The van der Waals surface area contributed by atoms with E-state index < -0.39 is 26.6 Å². The number of hydrogen-bond acceptors (Lipinski definition) is 4. The molecule has 1 N–H and O–H groups in total. The molecule has 8 heteroatoms. The van der Waals surface area contributed by atoms with Crippen LogP contribution in [0.3, 0.4) is 0 Å². The molecule has 0 saturated carbocycles. The molecule has 22 heavy (non-hydrogen) atoms. The van der Waals surface area contributed by atoms with Gasteiger partial charge in [-0.2, -0.15) is 0 Å². The van der Waals surface area contributed by atoms with Crippen molar-refractivity contribution in [3.8, 4) is 11.5 Å². The molecule has 0 bridgehead atoms. The lowest BCUT2D eigenvalue weighted by Gasteiger charge is -2.13. The molecule has 0 heterocycles. The fourth-order valence-corrected chi connectivity index (χ4v) is 2.81. The highest BCUT2D eigenvalue weighted by Gasteiger charge is 2.19. The van der Waals surface area contributed by atoms with Crippen molar-refractivity contribution in [3.05, 3.63) is 48.0 Å². The fourth-order valence-electron chi connectivity index (χ4n) is 1.74. The summed E-state index contributed by atoms with van der Waals surface area (Å²) in [5, 5.41) is 0. The topological polar surface area (TPSA) is 64.6 Å². The molecule has 2 aromatic rings. The first kappa shape index (κ1) is 16.0. The van der Waals surface area contributed by atoms with Gasteiger partial charge in [-0.05, 0) is 30.3 Å². The van der Waals surface area contributed by atoms with Crippen molar-refractivity contribution in [3.63, 3.8) is 0 Å². The summed E-state index contributed by atoms with van der Waals surface area (Å²) < 4.78 is 62.9. The van der Waals surface area contributed by atoms with Crippen LogP contribution in [0.4, 0.5) is 14.5 Å². The van der Waals surface area contributed by atoms with Gasteiger partial charge in [0.1, 0.15) is 11.5 Å². The average Bonchev–Trinajstić information content (AvgIpc) is 2.49. The highest BCUT2D eigenvalue weighted by atomic mass is 32.2. The van der Waals surface area contributed by atoms with Crippen LogP contribution in [0.2, 0.25) is 0 Å². The van der Waals surface area contributed by atoms with Crippen molar-refractivity contribution in [2.45, 2.75) is 4.90 Å². The minimum atomic E-state index is -4.10. The zero-order valence-corrected chi connectivity index (χ0v) is 12.6. The van der Waals surface area contributed by atoms with Crippen LogP contribution in [0, 0.1) is 11.6 Å². The van der Waals surface area contributed by atoms with Crippen LogP contribution >= 0.6 is 0 Å². The Hall–Kier alpha value is -2.35. The van der Waals surface area contributed by atoms with Gasteiger partial charge in [-0.25, -0.2) is 17.2 Å². The number of anilines is 1. The van der Waals surface area contributed by atoms with E-state index in [9.17, 15) is 17.2 Å². The van der Waals surface area contributed by atoms with Crippen LogP contribution in [0.1, 0.15) is 0 Å². The number of methoxy groups -OCH3 is 2. The van der Waals surface area contributed by atoms with Gasteiger partial charge in [0.05, 0.1) is 24.8 Å². The Kier molecular flexibility index (Phi) is 4.51. The normalized spacial score (nSPS) is 11.1. The van der Waals surface area contributed by atoms with E-state index in [1.807, 2.05) is 0 Å². The number of benzene rings is 2. The number of nitrogens with one attached hydrogen (secondary N) is 1. The number of rotatable bonds is 5. The Morgan fingerprint density at radius 3 is 2.27 bits per heavy atom. The Morgan fingerprint density at radius 1 is 0.955 bits per heavy atom. The highest BCUT2D eigenvalue weighted by Crippen LogP contribution is 2.31. The van der Waals surface area contributed by atoms with Crippen molar-refractivity contribution in [2.75, 3.05) is 18.9 Å². The summed E-state index contributed by atoms with van der Waals surface area (Å²) in [5.74, 6) is -1.71. The van der Waals surface area contributed by atoms with Crippen molar-refractivity contribution < 1.29 is 26.7 Å². The van der Waals surface area contributed by atoms with Crippen LogP contribution in [0.15, 0.2) is 41.3 Å². The molecule has 2 aromatic carbocycles. The largest absolute Gasteiger partial charge is 0.497 e. The number of ether oxygens (including phenoxy) is 2. The van der Waals surface area contributed by atoms with E-state index in [2.05, 4.69) is 4.72 Å². The number of hydrogen-bond donors (Lipinski definition) is 1. The lowest BCUT2D eigenvalue weighted by atomic mass is 10.3. The van der Waals surface area contributed by atoms with E-state index in [-0.39, 0.29) is 11.4 Å². The first-order chi connectivity index (χ1) is 10.4. The van der Waals surface area contributed by atoms with Gasteiger partial charge in [0, 0.05) is 6.07 Å². The summed E-state index contributed by atoms with van der Waals surface area (Å²) in [7, 11) is -1.30. The third-order valence-electron chi connectivity index (χ3n) is 2.85. The molecule has 0 aliphatic carbocycles. The minimum Gasteiger partial charge on any atom is -0.497 e. The van der Waals surface area contributed by atoms with Crippen molar-refractivity contribution in [1.29, 1.82) is 0 Å². The average molecular weight is 329 g/mol. The maximum absolute atomic E-state index is 13.2. The molecule has 118 valence electrons. The molecule has 0 fully saturated rings. The molecular formula is C14H13F2NO4S. The van der Waals surface area contributed by atoms with Gasteiger partial charge in [0.15, 0.2) is 11.6 Å². The first-order valence-electron chi connectivity index (χ1n) is 6.07. The molecule has 0 amide bonds. The molecule has 0 saturated heterocycles. The third-order valence-corrected chi connectivity index (χ3v) is 4.22. The second kappa shape index (κ2) is 6.18. The second-order valence-corrected chi connectivity index (χ2v) is 5.93. The molecule has 2 rings (SSSR count). The Balaban J connectivity index is 2.41. The second-order valence-electron chi connectivity index (χ2n) is 4.25. The molecule has 5 nitrogen and oxygen atoms in total. The van der Waals surface area contributed by atoms with E-state index >= 15 is 0 Å². The summed E-state index contributed by atoms with van der Waals surface area (Å²) in [6.45, 7) is 0. The summed E-state index contributed by atoms with van der Waals surface area (Å²) in [5.41, 5.74) is 0.117. The molecule has 0 aliphatic rings. The molecule has 0 atom stereocenters. The predicted octanol–water partition coefficient (Wildman–Crippen LogP) is 2.78. The van der Waals surface area contributed by atoms with Crippen LogP contribution in [0.5, 0.6) is 11.5 Å². The SMILES string of the molecule is COc1ccc(OC)c(NS(=O)(=O)c2ccc(F)c(F)c2)c1. The van der Waals surface area contributed by atoms with E-state index in [0.717, 1.165) is 12.1 Å². The lowest BCUT2D eigenvalue weighted by Crippen LogP contribution is -2.14. The van der Waals surface area contributed by atoms with Crippen LogP contribution in [-0.4, -0.2) is 22.6 Å². The maximum atomic E-state index is 13.2. The van der Waals surface area contributed by atoms with Crippen LogP contribution in [0.25, 0.3) is 0 Å². The van der Waals surface area contributed by atoms with Gasteiger partial charge < -0.3 is 9.47 Å². The van der Waals surface area contributed by atoms with Crippen molar-refractivity contribution in [2.24, 2.45) is 0 Å². The zero-order chi connectivity index (χ0) is 16.3. The minimum absolute atomic E-state index is 0.117. The van der Waals surface area contributed by atoms with Crippen molar-refractivity contribution >= 4 is 15.7 Å². The third kappa shape index (κ3) is 3.28. The zero-order valence-electron chi connectivity index (χ0n) is 11.8. The first-order valence-corrected chi connectivity index (χ1v) is 7.55. The summed E-state index contributed by atoms with van der Waals surface area (Å²) in [4.78, 5) is -0.406. The van der Waals surface area contributed by atoms with E-state index in [0.29, 0.717) is 11.8 Å². The van der Waals surface area contributed by atoms with Gasteiger partial charge in [-0.15, -0.1) is 0 Å². The maximum Gasteiger partial charge on any atom is 0.262 e. The number of halogens is 2. The number of sulfonamides is 1. The Labute approximate surface area is 126 Å². The van der Waals surface area contributed by atoms with E-state index in [4.69, 9.17) is 9.47 Å². The van der Waals surface area contributed by atoms with Gasteiger partial charge in [0.2, 0.25) is 0 Å². The Morgan fingerprint density at radius 2 is 1.68 bits per heavy atom. The van der Waals surface area contributed by atoms with E-state index in [1.54, 1.807) is 6.07 Å². The molecule has 0 radical (unpaired) electrons.